The van der Waals surface area contributed by atoms with E-state index in [1.807, 2.05) is 0 Å². The van der Waals surface area contributed by atoms with Crippen molar-refractivity contribution in [3.63, 3.8) is 0 Å². The third-order valence-corrected chi connectivity index (χ3v) is 2.64. The Kier molecular flexibility index (Phi) is 5.81. The van der Waals surface area contributed by atoms with Crippen molar-refractivity contribution in [1.29, 1.82) is 0 Å². The van der Waals surface area contributed by atoms with E-state index in [0.29, 0.717) is 12.3 Å². The molecule has 6 heteroatoms. The Hall–Kier alpha value is -1.14. The summed E-state index contributed by atoms with van der Waals surface area (Å²) >= 11 is 0. The van der Waals surface area contributed by atoms with Gasteiger partial charge in [-0.05, 0) is 38.3 Å². The summed E-state index contributed by atoms with van der Waals surface area (Å²) in [5.74, 6) is -0.179. The third-order valence-electron chi connectivity index (χ3n) is 2.64. The van der Waals surface area contributed by atoms with Gasteiger partial charge >= 0.3 is 0 Å². The molecule has 16 heavy (non-hydrogen) atoms. The molecule has 6 nitrogen and oxygen atoms in total. The number of carbonyl (C=O) groups is 2. The van der Waals surface area contributed by atoms with Crippen molar-refractivity contribution in [3.8, 4) is 0 Å². The van der Waals surface area contributed by atoms with Crippen LogP contribution in [-0.4, -0.2) is 31.5 Å². The van der Waals surface area contributed by atoms with E-state index in [2.05, 4.69) is 15.6 Å². The van der Waals surface area contributed by atoms with Crippen molar-refractivity contribution in [2.75, 3.05) is 19.7 Å². The number of piperidine rings is 1. The Morgan fingerprint density at radius 1 is 1.38 bits per heavy atom. The van der Waals surface area contributed by atoms with Crippen molar-refractivity contribution in [3.05, 3.63) is 0 Å². The smallest absolute Gasteiger partial charge is 0.246 e. The normalized spacial score (nSPS) is 17.0. The van der Waals surface area contributed by atoms with Crippen LogP contribution < -0.4 is 16.5 Å². The molecular formula is C10H19N3O3. The Morgan fingerprint density at radius 2 is 2.06 bits per heavy atom. The molecule has 92 valence electrons. The summed E-state index contributed by atoms with van der Waals surface area (Å²) in [6, 6.07) is 0. The molecule has 0 aliphatic carbocycles. The molecule has 0 aromatic heterocycles. The molecule has 1 aliphatic heterocycles. The molecule has 1 aliphatic rings. The standard InChI is InChI=1S/C10H19N3O3/c11-9(14)7-16-13-10(15)2-1-8-3-5-12-6-4-8/h8,12H,1-7H2,(H2,11,14)(H,13,15). The van der Waals surface area contributed by atoms with Crippen LogP contribution >= 0.6 is 0 Å². The van der Waals surface area contributed by atoms with Crippen LogP contribution in [0, 0.1) is 5.92 Å². The van der Waals surface area contributed by atoms with E-state index in [9.17, 15) is 9.59 Å². The fraction of sp³-hybridized carbons (Fsp3) is 0.800. The van der Waals surface area contributed by atoms with E-state index in [1.54, 1.807) is 0 Å². The number of primary amides is 1. The van der Waals surface area contributed by atoms with Crippen molar-refractivity contribution in [2.24, 2.45) is 11.7 Å². The number of carbonyl (C=O) groups excluding carboxylic acids is 2. The zero-order valence-electron chi connectivity index (χ0n) is 9.33. The molecule has 0 radical (unpaired) electrons. The average molecular weight is 229 g/mol. The molecule has 2 amide bonds. The molecule has 0 aromatic rings. The molecule has 0 unspecified atom stereocenters. The number of hydrogen-bond donors (Lipinski definition) is 3. The summed E-state index contributed by atoms with van der Waals surface area (Å²) in [4.78, 5) is 26.2. The van der Waals surface area contributed by atoms with Crippen LogP contribution in [0.3, 0.4) is 0 Å². The van der Waals surface area contributed by atoms with Crippen LogP contribution in [0.5, 0.6) is 0 Å². The maximum atomic E-state index is 11.3. The molecule has 0 atom stereocenters. The van der Waals surface area contributed by atoms with E-state index < -0.39 is 5.91 Å². The highest BCUT2D eigenvalue weighted by Crippen LogP contribution is 2.17. The first-order valence-corrected chi connectivity index (χ1v) is 5.58. The number of nitrogens with one attached hydrogen (secondary N) is 2. The van der Waals surface area contributed by atoms with E-state index in [0.717, 1.165) is 32.4 Å². The first-order chi connectivity index (χ1) is 7.68. The molecule has 1 heterocycles. The van der Waals surface area contributed by atoms with Crippen molar-refractivity contribution < 1.29 is 14.4 Å². The van der Waals surface area contributed by atoms with Crippen LogP contribution in [-0.2, 0) is 14.4 Å². The van der Waals surface area contributed by atoms with E-state index >= 15 is 0 Å². The zero-order chi connectivity index (χ0) is 11.8. The highest BCUT2D eigenvalue weighted by Gasteiger charge is 2.14. The highest BCUT2D eigenvalue weighted by atomic mass is 16.7. The number of rotatable bonds is 6. The summed E-state index contributed by atoms with van der Waals surface area (Å²) in [7, 11) is 0. The van der Waals surface area contributed by atoms with Gasteiger partial charge in [-0.25, -0.2) is 5.48 Å². The van der Waals surface area contributed by atoms with E-state index in [1.165, 1.54) is 0 Å². The maximum Gasteiger partial charge on any atom is 0.246 e. The van der Waals surface area contributed by atoms with Crippen LogP contribution in [0.2, 0.25) is 0 Å². The monoisotopic (exact) mass is 229 g/mol. The van der Waals surface area contributed by atoms with Gasteiger partial charge in [0.15, 0.2) is 6.61 Å². The summed E-state index contributed by atoms with van der Waals surface area (Å²) in [6.45, 7) is 1.79. The van der Waals surface area contributed by atoms with Crippen molar-refractivity contribution >= 4 is 11.8 Å². The summed E-state index contributed by atoms with van der Waals surface area (Å²) in [5, 5.41) is 3.27. The Bertz CT molecular complexity index is 239. The molecule has 1 rings (SSSR count). The first-order valence-electron chi connectivity index (χ1n) is 5.58. The number of hydroxylamine groups is 1. The second-order valence-corrected chi connectivity index (χ2v) is 4.01. The highest BCUT2D eigenvalue weighted by molar-refractivity contribution is 5.76. The van der Waals surface area contributed by atoms with Gasteiger partial charge in [0.05, 0.1) is 0 Å². The largest absolute Gasteiger partial charge is 0.368 e. The van der Waals surface area contributed by atoms with Crippen LogP contribution in [0.15, 0.2) is 0 Å². The molecular weight excluding hydrogens is 210 g/mol. The lowest BCUT2D eigenvalue weighted by molar-refractivity contribution is -0.138. The lowest BCUT2D eigenvalue weighted by atomic mass is 9.93. The van der Waals surface area contributed by atoms with Crippen molar-refractivity contribution in [2.45, 2.75) is 25.7 Å². The van der Waals surface area contributed by atoms with Crippen LogP contribution in [0.1, 0.15) is 25.7 Å². The third kappa shape index (κ3) is 5.67. The molecule has 0 saturated carbocycles. The predicted molar refractivity (Wildman–Crippen MR) is 58.1 cm³/mol. The fourth-order valence-electron chi connectivity index (χ4n) is 1.74. The Balaban J connectivity index is 2.02. The second-order valence-electron chi connectivity index (χ2n) is 4.01. The number of nitrogens with two attached hydrogens (primary N) is 1. The number of hydrogen-bond acceptors (Lipinski definition) is 4. The second kappa shape index (κ2) is 7.19. The van der Waals surface area contributed by atoms with Gasteiger partial charge in [-0.15, -0.1) is 0 Å². The summed E-state index contributed by atoms with van der Waals surface area (Å²) < 4.78 is 0. The average Bonchev–Trinajstić information content (AvgIpc) is 2.27. The minimum atomic E-state index is -0.598. The summed E-state index contributed by atoms with van der Waals surface area (Å²) in [6.07, 6.45) is 3.54. The van der Waals surface area contributed by atoms with Crippen molar-refractivity contribution in [1.82, 2.24) is 10.8 Å². The summed E-state index contributed by atoms with van der Waals surface area (Å²) in [5.41, 5.74) is 7.05. The fourth-order valence-corrected chi connectivity index (χ4v) is 1.74. The van der Waals surface area contributed by atoms with Gasteiger partial charge in [0, 0.05) is 6.42 Å². The van der Waals surface area contributed by atoms with Crippen LogP contribution in [0.4, 0.5) is 0 Å². The van der Waals surface area contributed by atoms with Gasteiger partial charge in [0.2, 0.25) is 11.8 Å². The zero-order valence-corrected chi connectivity index (χ0v) is 9.33. The Labute approximate surface area is 94.8 Å². The van der Waals surface area contributed by atoms with E-state index in [-0.39, 0.29) is 12.5 Å². The van der Waals surface area contributed by atoms with Gasteiger partial charge in [0.1, 0.15) is 0 Å². The lowest BCUT2D eigenvalue weighted by Gasteiger charge is -2.21. The first kappa shape index (κ1) is 12.9. The maximum absolute atomic E-state index is 11.3. The van der Waals surface area contributed by atoms with Gasteiger partial charge in [-0.1, -0.05) is 0 Å². The molecule has 0 aromatic carbocycles. The Morgan fingerprint density at radius 3 is 2.69 bits per heavy atom. The predicted octanol–water partition coefficient (Wildman–Crippen LogP) is -0.701. The van der Waals surface area contributed by atoms with Gasteiger partial charge in [-0.2, -0.15) is 0 Å². The minimum Gasteiger partial charge on any atom is -0.368 e. The molecule has 4 N–H and O–H groups in total. The quantitative estimate of drug-likeness (QED) is 0.525. The number of amides is 2. The van der Waals surface area contributed by atoms with Gasteiger partial charge < -0.3 is 11.1 Å². The molecule has 0 bridgehead atoms. The van der Waals surface area contributed by atoms with Gasteiger partial charge in [0.25, 0.3) is 0 Å². The van der Waals surface area contributed by atoms with Crippen LogP contribution in [0.25, 0.3) is 0 Å². The molecule has 1 saturated heterocycles. The topological polar surface area (TPSA) is 93.5 Å². The SMILES string of the molecule is NC(=O)CONC(=O)CCC1CCNCC1. The molecule has 0 spiro atoms. The van der Waals surface area contributed by atoms with Gasteiger partial charge in [-0.3, -0.25) is 14.4 Å². The lowest BCUT2D eigenvalue weighted by Crippen LogP contribution is -2.31. The van der Waals surface area contributed by atoms with E-state index in [4.69, 9.17) is 5.73 Å². The minimum absolute atomic E-state index is 0.195. The molecule has 1 fully saturated rings.